The van der Waals surface area contributed by atoms with Gasteiger partial charge in [0.1, 0.15) is 0 Å². The predicted molar refractivity (Wildman–Crippen MR) is 53.4 cm³/mol. The van der Waals surface area contributed by atoms with Crippen molar-refractivity contribution >= 4 is 5.91 Å². The maximum absolute atomic E-state index is 11.4. The second-order valence-corrected chi connectivity index (χ2v) is 2.88. The van der Waals surface area contributed by atoms with Crippen molar-refractivity contribution in [1.29, 1.82) is 0 Å². The van der Waals surface area contributed by atoms with Crippen molar-refractivity contribution < 1.29 is 9.90 Å². The van der Waals surface area contributed by atoms with E-state index in [2.05, 4.69) is 6.58 Å². The van der Waals surface area contributed by atoms with E-state index >= 15 is 0 Å². The Morgan fingerprint density at radius 3 is 2.77 bits per heavy atom. The number of hydrogen-bond donors (Lipinski definition) is 1. The molecule has 0 aromatic heterocycles. The van der Waals surface area contributed by atoms with Gasteiger partial charge in [0, 0.05) is 26.1 Å². The van der Waals surface area contributed by atoms with E-state index in [1.807, 2.05) is 6.92 Å². The monoisotopic (exact) mass is 185 g/mol. The minimum Gasteiger partial charge on any atom is -0.396 e. The molecule has 0 aromatic carbocycles. The molecule has 0 spiro atoms. The van der Waals surface area contributed by atoms with Gasteiger partial charge in [-0.1, -0.05) is 6.08 Å². The lowest BCUT2D eigenvalue weighted by atomic mass is 10.2. The summed E-state index contributed by atoms with van der Waals surface area (Å²) in [5.74, 6) is 0.149. The van der Waals surface area contributed by atoms with Crippen LogP contribution in [0.3, 0.4) is 0 Å². The van der Waals surface area contributed by atoms with Gasteiger partial charge in [-0.2, -0.15) is 0 Å². The first-order valence-corrected chi connectivity index (χ1v) is 4.75. The second kappa shape index (κ2) is 7.80. The summed E-state index contributed by atoms with van der Waals surface area (Å²) in [6, 6.07) is 0. The van der Waals surface area contributed by atoms with Crippen LogP contribution < -0.4 is 0 Å². The quantitative estimate of drug-likeness (QED) is 0.605. The highest BCUT2D eigenvalue weighted by Crippen LogP contribution is 1.99. The Balaban J connectivity index is 3.77. The molecule has 13 heavy (non-hydrogen) atoms. The molecule has 3 heteroatoms. The van der Waals surface area contributed by atoms with E-state index in [9.17, 15) is 4.79 Å². The summed E-state index contributed by atoms with van der Waals surface area (Å²) in [5, 5.41) is 8.61. The molecule has 0 unspecified atom stereocenters. The van der Waals surface area contributed by atoms with E-state index < -0.39 is 0 Å². The molecule has 0 bridgehead atoms. The van der Waals surface area contributed by atoms with Crippen molar-refractivity contribution in [3.8, 4) is 0 Å². The number of aliphatic hydroxyl groups is 1. The van der Waals surface area contributed by atoms with Crippen LogP contribution in [0.5, 0.6) is 0 Å². The largest absolute Gasteiger partial charge is 0.396 e. The molecule has 0 atom stereocenters. The normalized spacial score (nSPS) is 9.69. The van der Waals surface area contributed by atoms with Gasteiger partial charge in [-0.3, -0.25) is 4.79 Å². The van der Waals surface area contributed by atoms with Gasteiger partial charge in [0.25, 0.3) is 0 Å². The molecule has 1 amide bonds. The minimum absolute atomic E-state index is 0.144. The zero-order valence-corrected chi connectivity index (χ0v) is 8.33. The molecule has 0 fully saturated rings. The van der Waals surface area contributed by atoms with E-state index in [4.69, 9.17) is 5.11 Å². The molecular weight excluding hydrogens is 166 g/mol. The van der Waals surface area contributed by atoms with Crippen LogP contribution in [0.4, 0.5) is 0 Å². The minimum atomic E-state index is 0.144. The molecule has 0 heterocycles. The van der Waals surface area contributed by atoms with Crippen molar-refractivity contribution in [3.63, 3.8) is 0 Å². The Kier molecular flexibility index (Phi) is 7.30. The van der Waals surface area contributed by atoms with Gasteiger partial charge in [0.2, 0.25) is 5.91 Å². The van der Waals surface area contributed by atoms with Gasteiger partial charge in [-0.05, 0) is 19.8 Å². The highest BCUT2D eigenvalue weighted by Gasteiger charge is 2.08. The Labute approximate surface area is 80.0 Å². The summed E-state index contributed by atoms with van der Waals surface area (Å²) >= 11 is 0. The molecule has 0 aliphatic rings. The van der Waals surface area contributed by atoms with E-state index in [0.29, 0.717) is 19.4 Å². The third-order valence-corrected chi connectivity index (χ3v) is 1.88. The number of hydrogen-bond acceptors (Lipinski definition) is 2. The number of amides is 1. The topological polar surface area (TPSA) is 40.5 Å². The van der Waals surface area contributed by atoms with Crippen molar-refractivity contribution in [2.45, 2.75) is 26.2 Å². The van der Waals surface area contributed by atoms with Crippen LogP contribution in [-0.4, -0.2) is 35.6 Å². The lowest BCUT2D eigenvalue weighted by molar-refractivity contribution is -0.131. The highest BCUT2D eigenvalue weighted by molar-refractivity contribution is 5.76. The number of nitrogens with zero attached hydrogens (tertiary/aromatic N) is 1. The van der Waals surface area contributed by atoms with Crippen LogP contribution in [0.1, 0.15) is 26.2 Å². The van der Waals surface area contributed by atoms with E-state index in [-0.39, 0.29) is 12.5 Å². The summed E-state index contributed by atoms with van der Waals surface area (Å²) in [6.45, 7) is 7.03. The Morgan fingerprint density at radius 2 is 2.31 bits per heavy atom. The third kappa shape index (κ3) is 5.42. The van der Waals surface area contributed by atoms with Gasteiger partial charge in [0.15, 0.2) is 0 Å². The lowest BCUT2D eigenvalue weighted by Crippen LogP contribution is -2.31. The number of carbonyl (C=O) groups excluding carboxylic acids is 1. The first kappa shape index (κ1) is 12.2. The van der Waals surface area contributed by atoms with Gasteiger partial charge in [0.05, 0.1) is 0 Å². The first-order chi connectivity index (χ1) is 6.26. The molecule has 0 rings (SSSR count). The molecule has 1 N–H and O–H groups in total. The average molecular weight is 185 g/mol. The molecule has 3 nitrogen and oxygen atoms in total. The molecule has 76 valence electrons. The molecule has 0 aromatic rings. The number of rotatable bonds is 7. The van der Waals surface area contributed by atoms with Gasteiger partial charge < -0.3 is 10.0 Å². The van der Waals surface area contributed by atoms with Gasteiger partial charge in [-0.25, -0.2) is 0 Å². The maximum Gasteiger partial charge on any atom is 0.222 e. The average Bonchev–Trinajstić information content (AvgIpc) is 2.16. The molecule has 0 saturated heterocycles. The van der Waals surface area contributed by atoms with Crippen molar-refractivity contribution in [2.75, 3.05) is 19.7 Å². The lowest BCUT2D eigenvalue weighted by Gasteiger charge is -2.19. The third-order valence-electron chi connectivity index (χ3n) is 1.88. The Morgan fingerprint density at radius 1 is 1.62 bits per heavy atom. The van der Waals surface area contributed by atoms with Crippen molar-refractivity contribution in [2.24, 2.45) is 0 Å². The smallest absolute Gasteiger partial charge is 0.222 e. The molecule has 0 aliphatic carbocycles. The first-order valence-electron chi connectivity index (χ1n) is 4.75. The van der Waals surface area contributed by atoms with Crippen LogP contribution in [-0.2, 0) is 4.79 Å². The molecular formula is C10H19NO2. The Bertz CT molecular complexity index is 157. The summed E-state index contributed by atoms with van der Waals surface area (Å²) < 4.78 is 0. The number of carbonyl (C=O) groups is 1. The molecule has 0 saturated carbocycles. The zero-order valence-electron chi connectivity index (χ0n) is 8.33. The van der Waals surface area contributed by atoms with E-state index in [1.165, 1.54) is 0 Å². The zero-order chi connectivity index (χ0) is 10.1. The summed E-state index contributed by atoms with van der Waals surface area (Å²) in [5.41, 5.74) is 0. The van der Waals surface area contributed by atoms with E-state index in [0.717, 1.165) is 13.0 Å². The van der Waals surface area contributed by atoms with Crippen molar-refractivity contribution in [1.82, 2.24) is 4.90 Å². The highest BCUT2D eigenvalue weighted by atomic mass is 16.3. The fraction of sp³-hybridized carbons (Fsp3) is 0.700. The van der Waals surface area contributed by atoms with Crippen LogP contribution in [0.15, 0.2) is 12.7 Å². The van der Waals surface area contributed by atoms with Gasteiger partial charge >= 0.3 is 0 Å². The summed E-state index contributed by atoms with van der Waals surface area (Å²) in [6.07, 6.45) is 3.67. The standard InChI is InChI=1S/C10H19NO2/c1-3-5-7-10(13)11(4-2)8-6-9-12/h3,12H,1,4-9H2,2H3. The van der Waals surface area contributed by atoms with Crippen molar-refractivity contribution in [3.05, 3.63) is 12.7 Å². The van der Waals surface area contributed by atoms with Crippen LogP contribution >= 0.6 is 0 Å². The summed E-state index contributed by atoms with van der Waals surface area (Å²) in [4.78, 5) is 13.2. The summed E-state index contributed by atoms with van der Waals surface area (Å²) in [7, 11) is 0. The molecule has 0 aliphatic heterocycles. The number of allylic oxidation sites excluding steroid dienone is 1. The van der Waals surface area contributed by atoms with Crippen LogP contribution in [0, 0.1) is 0 Å². The van der Waals surface area contributed by atoms with Gasteiger partial charge in [-0.15, -0.1) is 6.58 Å². The fourth-order valence-electron chi connectivity index (χ4n) is 1.10. The molecule has 0 radical (unpaired) electrons. The Hall–Kier alpha value is -0.830. The second-order valence-electron chi connectivity index (χ2n) is 2.88. The van der Waals surface area contributed by atoms with E-state index in [1.54, 1.807) is 11.0 Å². The van der Waals surface area contributed by atoms with Crippen LogP contribution in [0.2, 0.25) is 0 Å². The maximum atomic E-state index is 11.4. The van der Waals surface area contributed by atoms with Crippen LogP contribution in [0.25, 0.3) is 0 Å². The number of aliphatic hydroxyl groups excluding tert-OH is 1. The predicted octanol–water partition coefficient (Wildman–Crippen LogP) is 1.18. The fourth-order valence-corrected chi connectivity index (χ4v) is 1.10. The SMILES string of the molecule is C=CCCC(=O)N(CC)CCCO.